The molecule has 7 heteroatoms. The van der Waals surface area contributed by atoms with Gasteiger partial charge < -0.3 is 9.47 Å². The standard InChI is InChI=1S/C18H19N5OS/c24-18(16-12-25-13-21-16)22-8-4-14(5-9-22)17-20-7-10-23(17)11-15-3-1-2-6-19-15/h1-3,6-7,10,12-14H,4-5,8-9,11H2. The third kappa shape index (κ3) is 3.46. The predicted molar refractivity (Wildman–Crippen MR) is 95.6 cm³/mol. The van der Waals surface area contributed by atoms with Crippen molar-refractivity contribution < 1.29 is 4.79 Å². The van der Waals surface area contributed by atoms with Gasteiger partial charge in [0, 0.05) is 43.0 Å². The second-order valence-electron chi connectivity index (χ2n) is 6.17. The summed E-state index contributed by atoms with van der Waals surface area (Å²) in [5.41, 5.74) is 3.28. The van der Waals surface area contributed by atoms with Crippen LogP contribution in [0.15, 0.2) is 47.7 Å². The lowest BCUT2D eigenvalue weighted by molar-refractivity contribution is 0.0705. The molecule has 25 heavy (non-hydrogen) atoms. The maximum Gasteiger partial charge on any atom is 0.273 e. The summed E-state index contributed by atoms with van der Waals surface area (Å²) in [4.78, 5) is 27.4. The van der Waals surface area contributed by atoms with Crippen molar-refractivity contribution in [3.8, 4) is 0 Å². The Hall–Kier alpha value is -2.54. The highest BCUT2D eigenvalue weighted by atomic mass is 32.1. The lowest BCUT2D eigenvalue weighted by Crippen LogP contribution is -2.38. The molecule has 4 rings (SSSR count). The van der Waals surface area contributed by atoms with E-state index in [0.717, 1.165) is 44.0 Å². The summed E-state index contributed by atoms with van der Waals surface area (Å²) >= 11 is 1.46. The van der Waals surface area contributed by atoms with E-state index in [2.05, 4.69) is 19.5 Å². The summed E-state index contributed by atoms with van der Waals surface area (Å²) in [6, 6.07) is 5.95. The molecule has 0 radical (unpaired) electrons. The number of amides is 1. The van der Waals surface area contributed by atoms with Crippen LogP contribution in [0, 0.1) is 0 Å². The number of thiazole rings is 1. The molecule has 0 spiro atoms. The van der Waals surface area contributed by atoms with Gasteiger partial charge in [-0.25, -0.2) is 9.97 Å². The molecule has 0 aliphatic carbocycles. The Bertz CT molecular complexity index is 822. The van der Waals surface area contributed by atoms with Crippen LogP contribution in [0.4, 0.5) is 0 Å². The molecule has 1 amide bonds. The fourth-order valence-corrected chi connectivity index (χ4v) is 3.83. The molecule has 1 fully saturated rings. The average molecular weight is 353 g/mol. The Labute approximate surface area is 150 Å². The quantitative estimate of drug-likeness (QED) is 0.723. The van der Waals surface area contributed by atoms with Crippen molar-refractivity contribution in [1.82, 2.24) is 24.4 Å². The fraction of sp³-hybridized carbons (Fsp3) is 0.333. The van der Waals surface area contributed by atoms with Gasteiger partial charge in [0.2, 0.25) is 0 Å². The number of hydrogen-bond acceptors (Lipinski definition) is 5. The topological polar surface area (TPSA) is 63.9 Å². The molecule has 0 unspecified atom stereocenters. The predicted octanol–water partition coefficient (Wildman–Crippen LogP) is 2.80. The van der Waals surface area contributed by atoms with Gasteiger partial charge >= 0.3 is 0 Å². The van der Waals surface area contributed by atoms with E-state index in [1.807, 2.05) is 47.1 Å². The van der Waals surface area contributed by atoms with Crippen LogP contribution in [0.25, 0.3) is 0 Å². The molecule has 3 aromatic heterocycles. The van der Waals surface area contributed by atoms with E-state index in [0.29, 0.717) is 11.6 Å². The third-order valence-corrected chi connectivity index (χ3v) is 5.19. The Morgan fingerprint density at radius 3 is 2.76 bits per heavy atom. The lowest BCUT2D eigenvalue weighted by atomic mass is 9.95. The zero-order valence-corrected chi connectivity index (χ0v) is 14.6. The first-order valence-electron chi connectivity index (χ1n) is 8.39. The van der Waals surface area contributed by atoms with Crippen LogP contribution in [0.3, 0.4) is 0 Å². The lowest BCUT2D eigenvalue weighted by Gasteiger charge is -2.31. The molecular formula is C18H19N5OS. The van der Waals surface area contributed by atoms with Crippen LogP contribution in [0.5, 0.6) is 0 Å². The zero-order valence-electron chi connectivity index (χ0n) is 13.8. The van der Waals surface area contributed by atoms with Crippen molar-refractivity contribution in [3.05, 3.63) is 64.9 Å². The summed E-state index contributed by atoms with van der Waals surface area (Å²) in [7, 11) is 0. The van der Waals surface area contributed by atoms with E-state index in [9.17, 15) is 4.79 Å². The molecule has 1 saturated heterocycles. The summed E-state index contributed by atoms with van der Waals surface area (Å²) in [5, 5.41) is 1.81. The van der Waals surface area contributed by atoms with Gasteiger partial charge in [-0.05, 0) is 25.0 Å². The summed E-state index contributed by atoms with van der Waals surface area (Å²) in [6.45, 7) is 2.23. The molecule has 128 valence electrons. The van der Waals surface area contributed by atoms with Crippen LogP contribution in [-0.2, 0) is 6.54 Å². The van der Waals surface area contributed by atoms with Gasteiger partial charge in [0.15, 0.2) is 0 Å². The Balaban J connectivity index is 1.42. The Morgan fingerprint density at radius 2 is 2.04 bits per heavy atom. The van der Waals surface area contributed by atoms with Crippen LogP contribution >= 0.6 is 11.3 Å². The van der Waals surface area contributed by atoms with Crippen molar-refractivity contribution in [3.63, 3.8) is 0 Å². The number of aromatic nitrogens is 4. The van der Waals surface area contributed by atoms with Crippen LogP contribution in [-0.4, -0.2) is 43.4 Å². The molecule has 4 heterocycles. The first-order valence-corrected chi connectivity index (χ1v) is 9.34. The maximum atomic E-state index is 12.4. The minimum Gasteiger partial charge on any atom is -0.337 e. The second-order valence-corrected chi connectivity index (χ2v) is 6.89. The van der Waals surface area contributed by atoms with E-state index < -0.39 is 0 Å². The summed E-state index contributed by atoms with van der Waals surface area (Å²) < 4.78 is 2.17. The van der Waals surface area contributed by atoms with Crippen molar-refractivity contribution in [2.24, 2.45) is 0 Å². The summed E-state index contributed by atoms with van der Waals surface area (Å²) in [5.74, 6) is 1.50. The highest BCUT2D eigenvalue weighted by Gasteiger charge is 2.27. The molecule has 0 bridgehead atoms. The number of carbonyl (C=O) groups excluding carboxylic acids is 1. The van der Waals surface area contributed by atoms with E-state index in [4.69, 9.17) is 0 Å². The van der Waals surface area contributed by atoms with E-state index in [1.165, 1.54) is 11.3 Å². The molecule has 1 aliphatic rings. The van der Waals surface area contributed by atoms with Crippen molar-refractivity contribution >= 4 is 17.2 Å². The van der Waals surface area contributed by atoms with E-state index in [-0.39, 0.29) is 5.91 Å². The highest BCUT2D eigenvalue weighted by Crippen LogP contribution is 2.28. The number of imidazole rings is 1. The first-order chi connectivity index (χ1) is 12.3. The normalized spacial score (nSPS) is 15.4. The molecular weight excluding hydrogens is 334 g/mol. The average Bonchev–Trinajstić information content (AvgIpc) is 3.34. The number of carbonyl (C=O) groups is 1. The third-order valence-electron chi connectivity index (χ3n) is 4.60. The molecule has 3 aromatic rings. The van der Waals surface area contributed by atoms with Gasteiger partial charge in [0.1, 0.15) is 11.5 Å². The van der Waals surface area contributed by atoms with Crippen molar-refractivity contribution in [2.45, 2.75) is 25.3 Å². The number of nitrogens with zero attached hydrogens (tertiary/aromatic N) is 5. The van der Waals surface area contributed by atoms with Gasteiger partial charge in [-0.2, -0.15) is 0 Å². The monoisotopic (exact) mass is 353 g/mol. The summed E-state index contributed by atoms with van der Waals surface area (Å²) in [6.07, 6.45) is 7.53. The highest BCUT2D eigenvalue weighted by molar-refractivity contribution is 7.07. The van der Waals surface area contributed by atoms with Crippen LogP contribution in [0.2, 0.25) is 0 Å². The number of likely N-dealkylation sites (tertiary alicyclic amines) is 1. The van der Waals surface area contributed by atoms with Gasteiger partial charge in [0.25, 0.3) is 5.91 Å². The maximum absolute atomic E-state index is 12.4. The van der Waals surface area contributed by atoms with Crippen molar-refractivity contribution in [1.29, 1.82) is 0 Å². The first kappa shape index (κ1) is 16.0. The zero-order chi connectivity index (χ0) is 17.1. The smallest absolute Gasteiger partial charge is 0.273 e. The van der Waals surface area contributed by atoms with E-state index >= 15 is 0 Å². The molecule has 0 saturated carbocycles. The van der Waals surface area contributed by atoms with Gasteiger partial charge in [-0.1, -0.05) is 6.07 Å². The van der Waals surface area contributed by atoms with E-state index in [1.54, 1.807) is 5.51 Å². The van der Waals surface area contributed by atoms with Crippen molar-refractivity contribution in [2.75, 3.05) is 13.1 Å². The minimum atomic E-state index is 0.0385. The number of hydrogen-bond donors (Lipinski definition) is 0. The molecule has 6 nitrogen and oxygen atoms in total. The molecule has 0 atom stereocenters. The second kappa shape index (κ2) is 7.14. The van der Waals surface area contributed by atoms with Gasteiger partial charge in [0.05, 0.1) is 17.7 Å². The fourth-order valence-electron chi connectivity index (χ4n) is 3.30. The molecule has 1 aliphatic heterocycles. The minimum absolute atomic E-state index is 0.0385. The Kier molecular flexibility index (Phi) is 4.56. The molecule has 0 N–H and O–H groups in total. The van der Waals surface area contributed by atoms with Crippen LogP contribution < -0.4 is 0 Å². The molecule has 0 aromatic carbocycles. The SMILES string of the molecule is O=C(c1cscn1)N1CCC(c2nccn2Cc2ccccn2)CC1. The Morgan fingerprint density at radius 1 is 1.16 bits per heavy atom. The number of piperidine rings is 1. The number of rotatable bonds is 4. The number of pyridine rings is 1. The van der Waals surface area contributed by atoms with Gasteiger partial charge in [-0.15, -0.1) is 11.3 Å². The largest absolute Gasteiger partial charge is 0.337 e. The van der Waals surface area contributed by atoms with Gasteiger partial charge in [-0.3, -0.25) is 9.78 Å². The van der Waals surface area contributed by atoms with Crippen LogP contribution in [0.1, 0.15) is 40.8 Å².